The van der Waals surface area contributed by atoms with Crippen LogP contribution in [0.3, 0.4) is 0 Å². The molecule has 2 heterocycles. The van der Waals surface area contributed by atoms with E-state index in [4.69, 9.17) is 10.5 Å². The quantitative estimate of drug-likeness (QED) is 0.654. The molecule has 9 heteroatoms. The number of nitrogen functional groups attached to an aromatic ring is 1. The molecule has 0 saturated carbocycles. The van der Waals surface area contributed by atoms with Crippen molar-refractivity contribution in [3.05, 3.63) is 51.3 Å². The molecule has 0 saturated heterocycles. The normalized spacial score (nSPS) is 12.6. The molecule has 4 N–H and O–H groups in total. The minimum absolute atomic E-state index is 0.0785. The lowest BCUT2D eigenvalue weighted by Gasteiger charge is -2.16. The van der Waals surface area contributed by atoms with Crippen molar-refractivity contribution < 1.29 is 19.1 Å². The number of carbonyl (C=O) groups excluding carboxylic acids is 3. The third-order valence-corrected chi connectivity index (χ3v) is 3.86. The molecule has 1 aromatic heterocycles. The fourth-order valence-corrected chi connectivity index (χ4v) is 2.68. The van der Waals surface area contributed by atoms with E-state index in [9.17, 15) is 19.2 Å². The molecule has 128 valence electrons. The van der Waals surface area contributed by atoms with Gasteiger partial charge in [-0.1, -0.05) is 0 Å². The number of imide groups is 1. The first-order valence-corrected chi connectivity index (χ1v) is 7.20. The predicted octanol–water partition coefficient (Wildman–Crippen LogP) is -0.328. The topological polar surface area (TPSA) is 133 Å². The number of methoxy groups -OCH3 is 1. The van der Waals surface area contributed by atoms with Crippen molar-refractivity contribution in [2.45, 2.75) is 0 Å². The van der Waals surface area contributed by atoms with Gasteiger partial charge in [0.2, 0.25) is 0 Å². The Bertz CT molecular complexity index is 993. The molecular weight excluding hydrogens is 328 g/mol. The van der Waals surface area contributed by atoms with Crippen LogP contribution in [0.1, 0.15) is 31.1 Å². The molecule has 0 bridgehead atoms. The molecule has 0 aliphatic carbocycles. The fraction of sp³-hybridized carbons (Fsp3) is 0.125. The molecule has 1 aliphatic rings. The van der Waals surface area contributed by atoms with Crippen molar-refractivity contribution in [3.8, 4) is 11.4 Å². The largest absolute Gasteiger partial charge is 0.495 e. The van der Waals surface area contributed by atoms with Crippen molar-refractivity contribution >= 4 is 23.5 Å². The van der Waals surface area contributed by atoms with Gasteiger partial charge in [-0.25, -0.2) is 0 Å². The summed E-state index contributed by atoms with van der Waals surface area (Å²) in [6.07, 6.45) is 0. The Morgan fingerprint density at radius 3 is 2.56 bits per heavy atom. The first-order chi connectivity index (χ1) is 11.9. The Labute approximate surface area is 141 Å². The molecular formula is C16H14N4O5. The van der Waals surface area contributed by atoms with Gasteiger partial charge < -0.3 is 15.8 Å². The number of ether oxygens (including phenoxy) is 1. The molecule has 0 fully saturated rings. The number of benzene rings is 1. The zero-order valence-electron chi connectivity index (χ0n) is 13.4. The van der Waals surface area contributed by atoms with Gasteiger partial charge in [-0.2, -0.15) is 0 Å². The SMILES string of the molecule is CNC(=O)c1ccc(OC)c(-n2c(N)c3c(cc2=O)C(=O)NC3=O)c1. The van der Waals surface area contributed by atoms with Crippen LogP contribution in [-0.2, 0) is 0 Å². The molecule has 0 radical (unpaired) electrons. The second kappa shape index (κ2) is 5.78. The average Bonchev–Trinajstić information content (AvgIpc) is 2.88. The number of rotatable bonds is 3. The van der Waals surface area contributed by atoms with Gasteiger partial charge in [0.05, 0.1) is 23.9 Å². The van der Waals surface area contributed by atoms with Gasteiger partial charge in [0.1, 0.15) is 11.6 Å². The lowest BCUT2D eigenvalue weighted by Crippen LogP contribution is -2.25. The van der Waals surface area contributed by atoms with Crippen molar-refractivity contribution in [2.75, 3.05) is 19.9 Å². The summed E-state index contributed by atoms with van der Waals surface area (Å²) in [5.74, 6) is -1.68. The van der Waals surface area contributed by atoms with Gasteiger partial charge in [-0.15, -0.1) is 0 Å². The van der Waals surface area contributed by atoms with Crippen LogP contribution in [0.15, 0.2) is 29.1 Å². The Balaban J connectivity index is 2.33. The number of nitrogens with one attached hydrogen (secondary N) is 2. The summed E-state index contributed by atoms with van der Waals surface area (Å²) in [6, 6.07) is 5.46. The summed E-state index contributed by atoms with van der Waals surface area (Å²) < 4.78 is 6.26. The van der Waals surface area contributed by atoms with Gasteiger partial charge in [0.25, 0.3) is 23.3 Å². The zero-order chi connectivity index (χ0) is 18.3. The average molecular weight is 342 g/mol. The minimum Gasteiger partial charge on any atom is -0.495 e. The van der Waals surface area contributed by atoms with Gasteiger partial charge in [-0.05, 0) is 18.2 Å². The molecule has 25 heavy (non-hydrogen) atoms. The van der Waals surface area contributed by atoms with E-state index in [-0.39, 0.29) is 39.9 Å². The first kappa shape index (κ1) is 16.2. The summed E-state index contributed by atoms with van der Waals surface area (Å²) in [7, 11) is 2.86. The maximum Gasteiger partial charge on any atom is 0.262 e. The van der Waals surface area contributed by atoms with E-state index in [2.05, 4.69) is 10.6 Å². The molecule has 1 aliphatic heterocycles. The number of hydrogen-bond acceptors (Lipinski definition) is 6. The van der Waals surface area contributed by atoms with Crippen LogP contribution >= 0.6 is 0 Å². The highest BCUT2D eigenvalue weighted by Gasteiger charge is 2.32. The summed E-state index contributed by atoms with van der Waals surface area (Å²) >= 11 is 0. The number of nitrogens with zero attached hydrogens (tertiary/aromatic N) is 1. The second-order valence-corrected chi connectivity index (χ2v) is 5.24. The highest BCUT2D eigenvalue weighted by molar-refractivity contribution is 6.23. The van der Waals surface area contributed by atoms with Crippen molar-refractivity contribution in [1.29, 1.82) is 0 Å². The maximum atomic E-state index is 12.5. The van der Waals surface area contributed by atoms with Crippen LogP contribution < -0.4 is 26.7 Å². The zero-order valence-corrected chi connectivity index (χ0v) is 13.4. The van der Waals surface area contributed by atoms with E-state index < -0.39 is 17.4 Å². The van der Waals surface area contributed by atoms with Crippen molar-refractivity contribution in [2.24, 2.45) is 0 Å². The number of nitrogens with two attached hydrogens (primary N) is 1. The first-order valence-electron chi connectivity index (χ1n) is 7.20. The third-order valence-electron chi connectivity index (χ3n) is 3.86. The summed E-state index contributed by atoms with van der Waals surface area (Å²) in [4.78, 5) is 48.0. The highest BCUT2D eigenvalue weighted by Crippen LogP contribution is 2.28. The molecule has 2 aromatic rings. The maximum absolute atomic E-state index is 12.5. The van der Waals surface area contributed by atoms with Crippen LogP contribution in [0, 0.1) is 0 Å². The highest BCUT2D eigenvalue weighted by atomic mass is 16.5. The molecule has 3 amide bonds. The van der Waals surface area contributed by atoms with E-state index >= 15 is 0 Å². The summed E-state index contributed by atoms with van der Waals surface area (Å²) in [5.41, 5.74) is 5.65. The summed E-state index contributed by atoms with van der Waals surface area (Å²) in [5, 5.41) is 4.56. The Kier molecular flexibility index (Phi) is 3.76. The van der Waals surface area contributed by atoms with Gasteiger partial charge in [-0.3, -0.25) is 29.1 Å². The molecule has 0 unspecified atom stereocenters. The van der Waals surface area contributed by atoms with Crippen molar-refractivity contribution in [1.82, 2.24) is 15.2 Å². The van der Waals surface area contributed by atoms with Gasteiger partial charge in [0, 0.05) is 18.7 Å². The van der Waals surface area contributed by atoms with E-state index in [1.165, 1.54) is 32.4 Å². The second-order valence-electron chi connectivity index (χ2n) is 5.24. The monoisotopic (exact) mass is 342 g/mol. The lowest BCUT2D eigenvalue weighted by atomic mass is 10.1. The van der Waals surface area contributed by atoms with Gasteiger partial charge >= 0.3 is 0 Å². The van der Waals surface area contributed by atoms with Crippen molar-refractivity contribution in [3.63, 3.8) is 0 Å². The predicted molar refractivity (Wildman–Crippen MR) is 88.2 cm³/mol. The minimum atomic E-state index is -0.687. The molecule has 3 rings (SSSR count). The van der Waals surface area contributed by atoms with Crippen LogP contribution in [0.2, 0.25) is 0 Å². The number of fused-ring (bicyclic) bond motifs is 1. The van der Waals surface area contributed by atoms with Crippen LogP contribution in [0.25, 0.3) is 5.69 Å². The van der Waals surface area contributed by atoms with E-state index in [0.717, 1.165) is 10.6 Å². The number of anilines is 1. The molecule has 1 aromatic carbocycles. The Hall–Kier alpha value is -3.62. The molecule has 0 atom stereocenters. The number of aromatic nitrogens is 1. The molecule has 0 spiro atoms. The van der Waals surface area contributed by atoms with Gasteiger partial charge in [0.15, 0.2) is 0 Å². The Morgan fingerprint density at radius 2 is 1.92 bits per heavy atom. The summed E-state index contributed by atoms with van der Waals surface area (Å²) in [6.45, 7) is 0. The van der Waals surface area contributed by atoms with Crippen LogP contribution in [0.4, 0.5) is 5.82 Å². The Morgan fingerprint density at radius 1 is 1.20 bits per heavy atom. The van der Waals surface area contributed by atoms with E-state index in [0.29, 0.717) is 0 Å². The number of pyridine rings is 1. The number of amides is 3. The molecule has 9 nitrogen and oxygen atoms in total. The van der Waals surface area contributed by atoms with E-state index in [1.807, 2.05) is 0 Å². The number of carbonyl (C=O) groups is 3. The van der Waals surface area contributed by atoms with E-state index in [1.54, 1.807) is 0 Å². The van der Waals surface area contributed by atoms with Crippen LogP contribution in [-0.4, -0.2) is 36.4 Å². The smallest absolute Gasteiger partial charge is 0.262 e. The number of hydrogen-bond donors (Lipinski definition) is 3. The fourth-order valence-electron chi connectivity index (χ4n) is 2.68. The third kappa shape index (κ3) is 2.42. The lowest BCUT2D eigenvalue weighted by molar-refractivity contribution is 0.0878. The standard InChI is InChI=1S/C16H14N4O5/c1-18-14(22)7-3-4-10(25-2)9(5-7)20-11(21)6-8-12(13(20)17)16(24)19-15(8)23/h3-6H,17H2,1-2H3,(H,18,22)(H,19,23,24). The van der Waals surface area contributed by atoms with Crippen LogP contribution in [0.5, 0.6) is 5.75 Å².